The first-order chi connectivity index (χ1) is 13.9. The van der Waals surface area contributed by atoms with Gasteiger partial charge in [0.05, 0.1) is 12.8 Å². The van der Waals surface area contributed by atoms with Crippen LogP contribution in [0.1, 0.15) is 23.6 Å². The van der Waals surface area contributed by atoms with Gasteiger partial charge in [-0.3, -0.25) is 9.97 Å². The van der Waals surface area contributed by atoms with Crippen LogP contribution in [0.25, 0.3) is 5.65 Å². The normalized spacial score (nSPS) is 18.1. The summed E-state index contributed by atoms with van der Waals surface area (Å²) in [6.45, 7) is 1.29. The second-order valence-electron chi connectivity index (χ2n) is 6.96. The number of nitrogens with zero attached hydrogens (tertiary/aromatic N) is 5. The lowest BCUT2D eigenvalue weighted by atomic mass is 10.2. The topological polar surface area (TPSA) is 77.2 Å². The van der Waals surface area contributed by atoms with Crippen molar-refractivity contribution in [1.29, 1.82) is 0 Å². The average molecular weight is 372 g/mol. The van der Waals surface area contributed by atoms with E-state index >= 15 is 0 Å². The quantitative estimate of drug-likeness (QED) is 0.536. The van der Waals surface area contributed by atoms with E-state index in [1.807, 2.05) is 48.8 Å². The molecule has 0 unspecified atom stereocenters. The van der Waals surface area contributed by atoms with E-state index in [-0.39, 0.29) is 0 Å². The molecule has 140 valence electrons. The van der Waals surface area contributed by atoms with E-state index in [9.17, 15) is 0 Å². The Morgan fingerprint density at radius 1 is 1.11 bits per heavy atom. The second kappa shape index (κ2) is 7.26. The summed E-state index contributed by atoms with van der Waals surface area (Å²) in [7, 11) is 0. The molecule has 0 aromatic carbocycles. The Morgan fingerprint density at radius 2 is 2.11 bits per heavy atom. The zero-order chi connectivity index (χ0) is 18.8. The van der Waals surface area contributed by atoms with Gasteiger partial charge in [-0.2, -0.15) is 14.6 Å². The predicted octanol–water partition coefficient (Wildman–Crippen LogP) is 3.31. The van der Waals surface area contributed by atoms with Gasteiger partial charge in [0.15, 0.2) is 5.65 Å². The minimum absolute atomic E-state index is 0.489. The third kappa shape index (κ3) is 3.51. The van der Waals surface area contributed by atoms with Crippen molar-refractivity contribution in [3.63, 3.8) is 0 Å². The molecule has 1 aliphatic carbocycles. The molecule has 0 aliphatic heterocycles. The molecule has 1 saturated carbocycles. The number of anilines is 1. The van der Waals surface area contributed by atoms with E-state index in [4.69, 9.17) is 4.74 Å². The van der Waals surface area contributed by atoms with Crippen molar-refractivity contribution < 1.29 is 4.74 Å². The van der Waals surface area contributed by atoms with Crippen molar-refractivity contribution in [2.75, 3.05) is 11.9 Å². The minimum atomic E-state index is 0.489. The highest BCUT2D eigenvalue weighted by atomic mass is 16.5. The summed E-state index contributed by atoms with van der Waals surface area (Å²) >= 11 is 0. The Kier molecular flexibility index (Phi) is 4.33. The molecule has 0 bridgehead atoms. The maximum atomic E-state index is 6.02. The molecule has 7 heteroatoms. The smallest absolute Gasteiger partial charge is 0.219 e. The van der Waals surface area contributed by atoms with Gasteiger partial charge in [-0.15, -0.1) is 0 Å². The molecule has 4 aromatic rings. The molecular formula is C21H20N6O. The van der Waals surface area contributed by atoms with Crippen LogP contribution in [-0.4, -0.2) is 31.2 Å². The molecule has 0 amide bonds. The van der Waals surface area contributed by atoms with Crippen molar-refractivity contribution in [3.8, 4) is 5.88 Å². The molecule has 28 heavy (non-hydrogen) atoms. The van der Waals surface area contributed by atoms with Gasteiger partial charge in [-0.25, -0.2) is 0 Å². The van der Waals surface area contributed by atoms with Gasteiger partial charge in [-0.1, -0.05) is 12.1 Å². The molecule has 1 N–H and O–H groups in total. The van der Waals surface area contributed by atoms with E-state index in [1.165, 1.54) is 0 Å². The Balaban J connectivity index is 1.27. The van der Waals surface area contributed by atoms with Crippen LogP contribution in [0.3, 0.4) is 0 Å². The number of hydrogen-bond donors (Lipinski definition) is 1. The van der Waals surface area contributed by atoms with Crippen LogP contribution < -0.4 is 10.1 Å². The van der Waals surface area contributed by atoms with Crippen molar-refractivity contribution in [2.24, 2.45) is 5.92 Å². The molecule has 0 spiro atoms. The first-order valence-corrected chi connectivity index (χ1v) is 9.38. The molecule has 7 nitrogen and oxygen atoms in total. The summed E-state index contributed by atoms with van der Waals surface area (Å²) < 4.78 is 7.79. The summed E-state index contributed by atoms with van der Waals surface area (Å²) in [5.74, 6) is 2.42. The highest BCUT2D eigenvalue weighted by Crippen LogP contribution is 2.46. The number of rotatable bonds is 7. The van der Waals surface area contributed by atoms with E-state index in [0.717, 1.165) is 29.1 Å². The average Bonchev–Trinajstić information content (AvgIpc) is 3.38. The first-order valence-electron chi connectivity index (χ1n) is 9.38. The van der Waals surface area contributed by atoms with Crippen molar-refractivity contribution in [2.45, 2.75) is 18.9 Å². The van der Waals surface area contributed by atoms with Gasteiger partial charge < -0.3 is 10.1 Å². The van der Waals surface area contributed by atoms with Crippen LogP contribution in [0.5, 0.6) is 5.88 Å². The SMILES string of the molecule is c1ccc([C@H]2C[C@@H]2COc2cc(NCc3cccnc3)n3nccc3n2)nc1. The fraction of sp³-hybridized carbons (Fsp3) is 0.238. The monoisotopic (exact) mass is 372 g/mol. The van der Waals surface area contributed by atoms with Gasteiger partial charge in [0.2, 0.25) is 5.88 Å². The number of nitrogens with one attached hydrogen (secondary N) is 1. The third-order valence-electron chi connectivity index (χ3n) is 4.97. The van der Waals surface area contributed by atoms with Crippen LogP contribution in [0.4, 0.5) is 5.82 Å². The van der Waals surface area contributed by atoms with E-state index in [1.54, 1.807) is 16.9 Å². The summed E-state index contributed by atoms with van der Waals surface area (Å²) in [6.07, 6.45) is 8.30. The Labute approximate surface area is 162 Å². The molecule has 1 fully saturated rings. The first kappa shape index (κ1) is 16.7. The van der Waals surface area contributed by atoms with Gasteiger partial charge in [0.1, 0.15) is 5.82 Å². The maximum Gasteiger partial charge on any atom is 0.219 e. The highest BCUT2D eigenvalue weighted by molar-refractivity contribution is 5.51. The second-order valence-corrected chi connectivity index (χ2v) is 6.96. The van der Waals surface area contributed by atoms with Crippen LogP contribution in [0, 0.1) is 5.92 Å². The summed E-state index contributed by atoms with van der Waals surface area (Å²) in [6, 6.07) is 13.8. The summed E-state index contributed by atoms with van der Waals surface area (Å²) in [5, 5.41) is 7.74. The van der Waals surface area contributed by atoms with E-state index in [2.05, 4.69) is 31.4 Å². The molecule has 4 heterocycles. The van der Waals surface area contributed by atoms with Crippen LogP contribution in [0.15, 0.2) is 67.3 Å². The van der Waals surface area contributed by atoms with Crippen molar-refractivity contribution in [3.05, 3.63) is 78.5 Å². The highest BCUT2D eigenvalue weighted by Gasteiger charge is 2.39. The standard InChI is InChI=1S/C21H20N6O/c1-2-8-23-18(5-1)17-10-16(17)14-28-21-11-20(27-19(26-21)6-9-25-27)24-13-15-4-3-7-22-12-15/h1-9,11-12,16-17,24H,10,13-14H2/t16-,17+/m1/s1. The molecule has 2 atom stereocenters. The van der Waals surface area contributed by atoms with Gasteiger partial charge >= 0.3 is 0 Å². The fourth-order valence-corrected chi connectivity index (χ4v) is 3.37. The number of pyridine rings is 2. The van der Waals surface area contributed by atoms with Gasteiger partial charge in [-0.05, 0) is 30.2 Å². The molecule has 4 aromatic heterocycles. The molecule has 5 rings (SSSR count). The largest absolute Gasteiger partial charge is 0.477 e. The van der Waals surface area contributed by atoms with E-state index in [0.29, 0.717) is 30.9 Å². The summed E-state index contributed by atoms with van der Waals surface area (Å²) in [5.41, 5.74) is 3.00. The molecule has 1 aliphatic rings. The van der Waals surface area contributed by atoms with Crippen LogP contribution >= 0.6 is 0 Å². The predicted molar refractivity (Wildman–Crippen MR) is 105 cm³/mol. The Hall–Kier alpha value is -3.48. The summed E-state index contributed by atoms with van der Waals surface area (Å²) in [4.78, 5) is 13.2. The lowest BCUT2D eigenvalue weighted by Gasteiger charge is -2.11. The lowest BCUT2D eigenvalue weighted by molar-refractivity contribution is 0.286. The zero-order valence-electron chi connectivity index (χ0n) is 15.3. The van der Waals surface area contributed by atoms with Gasteiger partial charge in [0.25, 0.3) is 0 Å². The van der Waals surface area contributed by atoms with Crippen molar-refractivity contribution in [1.82, 2.24) is 24.6 Å². The molecular weight excluding hydrogens is 352 g/mol. The van der Waals surface area contributed by atoms with Crippen molar-refractivity contribution >= 4 is 11.5 Å². The molecule has 0 radical (unpaired) electrons. The maximum absolute atomic E-state index is 6.02. The van der Waals surface area contributed by atoms with Gasteiger partial charge in [0, 0.05) is 54.8 Å². The minimum Gasteiger partial charge on any atom is -0.477 e. The Morgan fingerprint density at radius 3 is 2.96 bits per heavy atom. The molecule has 0 saturated heterocycles. The van der Waals surface area contributed by atoms with E-state index < -0.39 is 0 Å². The number of ether oxygens (including phenoxy) is 1. The number of fused-ring (bicyclic) bond motifs is 1. The third-order valence-corrected chi connectivity index (χ3v) is 4.97. The number of aromatic nitrogens is 5. The fourth-order valence-electron chi connectivity index (χ4n) is 3.37. The Bertz CT molecular complexity index is 1070. The number of hydrogen-bond acceptors (Lipinski definition) is 6. The lowest BCUT2D eigenvalue weighted by Crippen LogP contribution is -2.08. The zero-order valence-corrected chi connectivity index (χ0v) is 15.3. The van der Waals surface area contributed by atoms with Crippen LogP contribution in [-0.2, 0) is 6.54 Å². The van der Waals surface area contributed by atoms with Crippen LogP contribution in [0.2, 0.25) is 0 Å².